The average Bonchev–Trinajstić information content (AvgIpc) is 3.25. The summed E-state index contributed by atoms with van der Waals surface area (Å²) < 4.78 is 26.6. The van der Waals surface area contributed by atoms with Crippen molar-refractivity contribution in [2.45, 2.75) is 302 Å². The van der Waals surface area contributed by atoms with Crippen LogP contribution >= 0.6 is 7.82 Å². The lowest BCUT2D eigenvalue weighted by Gasteiger charge is -2.18. The maximum atomic E-state index is 12.5. The standard InChI is InChI=1S/C53H103O8P/c1-3-5-7-9-11-13-15-17-19-21-23-25-26-28-30-32-34-36-38-40-42-44-46-48-53(55)61-51(50-60-62(56,57)58)49-59-52(54)47-45-43-41-39-37-35-33-31-29-27-24-22-20-18-16-14-12-10-8-6-4-2/h18,20,51H,3-17,19,21-50H2,1-2H3,(H2,56,57,58)/b20-18+/t51-/m1/s1. The van der Waals surface area contributed by atoms with Crippen molar-refractivity contribution in [2.75, 3.05) is 13.2 Å². The van der Waals surface area contributed by atoms with Crippen LogP contribution in [-0.4, -0.2) is 41.0 Å². The number of allylic oxidation sites excluding steroid dienone is 2. The van der Waals surface area contributed by atoms with Crippen molar-refractivity contribution < 1.29 is 37.9 Å². The minimum absolute atomic E-state index is 0.219. The Bertz CT molecular complexity index is 1010. The van der Waals surface area contributed by atoms with E-state index in [0.29, 0.717) is 6.42 Å². The van der Waals surface area contributed by atoms with E-state index in [4.69, 9.17) is 19.3 Å². The van der Waals surface area contributed by atoms with Gasteiger partial charge >= 0.3 is 19.8 Å². The molecule has 0 aromatic rings. The summed E-state index contributed by atoms with van der Waals surface area (Å²) >= 11 is 0. The Hall–Kier alpha value is -1.21. The Morgan fingerprint density at radius 3 is 0.984 bits per heavy atom. The second kappa shape index (κ2) is 49.2. The number of phosphoric ester groups is 1. The highest BCUT2D eigenvalue weighted by molar-refractivity contribution is 7.46. The fraction of sp³-hybridized carbons (Fsp3) is 0.925. The summed E-state index contributed by atoms with van der Waals surface area (Å²) in [5.74, 6) is -0.865. The molecule has 0 bridgehead atoms. The number of hydrogen-bond donors (Lipinski definition) is 2. The van der Waals surface area contributed by atoms with Gasteiger partial charge in [-0.05, 0) is 38.5 Å². The van der Waals surface area contributed by atoms with Crippen LogP contribution in [0.15, 0.2) is 12.2 Å². The Balaban J connectivity index is 3.75. The van der Waals surface area contributed by atoms with Crippen LogP contribution in [-0.2, 0) is 28.2 Å². The van der Waals surface area contributed by atoms with Crippen LogP contribution in [0.2, 0.25) is 0 Å². The quantitative estimate of drug-likeness (QED) is 0.0268. The number of carbonyl (C=O) groups is 2. The molecule has 9 heteroatoms. The predicted molar refractivity (Wildman–Crippen MR) is 262 cm³/mol. The summed E-state index contributed by atoms with van der Waals surface area (Å²) in [6.45, 7) is 3.75. The summed E-state index contributed by atoms with van der Waals surface area (Å²) in [5.41, 5.74) is 0. The third-order valence-electron chi connectivity index (χ3n) is 12.3. The average molecular weight is 899 g/mol. The Morgan fingerprint density at radius 1 is 0.403 bits per heavy atom. The smallest absolute Gasteiger partial charge is 0.462 e. The zero-order valence-electron chi connectivity index (χ0n) is 41.1. The molecule has 62 heavy (non-hydrogen) atoms. The van der Waals surface area contributed by atoms with Crippen molar-refractivity contribution in [3.63, 3.8) is 0 Å². The molecule has 0 aromatic carbocycles. The number of esters is 2. The first-order chi connectivity index (χ1) is 30.3. The van der Waals surface area contributed by atoms with Gasteiger partial charge in [0.25, 0.3) is 0 Å². The molecule has 0 rings (SSSR count). The molecular weight excluding hydrogens is 796 g/mol. The maximum absolute atomic E-state index is 12.5. The monoisotopic (exact) mass is 899 g/mol. The van der Waals surface area contributed by atoms with Crippen molar-refractivity contribution in [3.8, 4) is 0 Å². The lowest BCUT2D eigenvalue weighted by atomic mass is 10.0. The molecule has 0 spiro atoms. The van der Waals surface area contributed by atoms with Crippen LogP contribution in [0, 0.1) is 0 Å². The summed E-state index contributed by atoms with van der Waals surface area (Å²) in [4.78, 5) is 43.2. The highest BCUT2D eigenvalue weighted by atomic mass is 31.2. The van der Waals surface area contributed by atoms with Crippen molar-refractivity contribution in [1.82, 2.24) is 0 Å². The molecule has 2 N–H and O–H groups in total. The summed E-state index contributed by atoms with van der Waals surface area (Å²) in [5, 5.41) is 0. The number of hydrogen-bond acceptors (Lipinski definition) is 6. The number of ether oxygens (including phenoxy) is 2. The van der Waals surface area contributed by atoms with Gasteiger partial charge in [0.2, 0.25) is 0 Å². The molecule has 0 saturated carbocycles. The zero-order chi connectivity index (χ0) is 45.3. The predicted octanol–water partition coefficient (Wildman–Crippen LogP) is 17.3. The van der Waals surface area contributed by atoms with E-state index < -0.39 is 32.5 Å². The number of phosphoric acid groups is 1. The topological polar surface area (TPSA) is 119 Å². The van der Waals surface area contributed by atoms with Gasteiger partial charge in [0.1, 0.15) is 6.61 Å². The fourth-order valence-electron chi connectivity index (χ4n) is 8.25. The molecule has 0 saturated heterocycles. The molecule has 1 atom stereocenters. The zero-order valence-corrected chi connectivity index (χ0v) is 41.9. The van der Waals surface area contributed by atoms with Crippen LogP contribution in [0.5, 0.6) is 0 Å². The van der Waals surface area contributed by atoms with Gasteiger partial charge in [0.15, 0.2) is 6.10 Å². The van der Waals surface area contributed by atoms with Crippen molar-refractivity contribution >= 4 is 19.8 Å². The van der Waals surface area contributed by atoms with E-state index in [-0.39, 0.29) is 19.4 Å². The van der Waals surface area contributed by atoms with Crippen molar-refractivity contribution in [2.24, 2.45) is 0 Å². The molecule has 0 unspecified atom stereocenters. The van der Waals surface area contributed by atoms with Crippen molar-refractivity contribution in [3.05, 3.63) is 12.2 Å². The molecule has 0 aromatic heterocycles. The molecule has 8 nitrogen and oxygen atoms in total. The molecule has 0 fully saturated rings. The van der Waals surface area contributed by atoms with Gasteiger partial charge in [-0.15, -0.1) is 0 Å². The lowest BCUT2D eigenvalue weighted by molar-refractivity contribution is -0.161. The van der Waals surface area contributed by atoms with Gasteiger partial charge in [-0.3, -0.25) is 14.1 Å². The first kappa shape index (κ1) is 60.8. The molecule has 0 radical (unpaired) electrons. The van der Waals surface area contributed by atoms with E-state index >= 15 is 0 Å². The molecule has 0 amide bonds. The van der Waals surface area contributed by atoms with Crippen LogP contribution in [0.1, 0.15) is 296 Å². The molecule has 0 aliphatic carbocycles. The molecular formula is C53H103O8P. The van der Waals surface area contributed by atoms with Gasteiger partial charge in [-0.25, -0.2) is 4.57 Å². The normalized spacial score (nSPS) is 12.4. The van der Waals surface area contributed by atoms with E-state index in [9.17, 15) is 14.2 Å². The van der Waals surface area contributed by atoms with Crippen LogP contribution in [0.3, 0.4) is 0 Å². The SMILES string of the molecule is CCCCCCCC/C=C/CCCCCCCCCCCCCC(=O)OC[C@H](COP(=O)(O)O)OC(=O)CCCCCCCCCCCCCCCCCCCCCCCCC. The van der Waals surface area contributed by atoms with E-state index in [2.05, 4.69) is 30.5 Å². The Labute approximate surface area is 384 Å². The van der Waals surface area contributed by atoms with Gasteiger partial charge in [-0.2, -0.15) is 0 Å². The minimum Gasteiger partial charge on any atom is -0.462 e. The summed E-state index contributed by atoms with van der Waals surface area (Å²) in [6.07, 6.45) is 58.1. The van der Waals surface area contributed by atoms with Gasteiger partial charge in [-0.1, -0.05) is 257 Å². The first-order valence-electron chi connectivity index (χ1n) is 27.0. The minimum atomic E-state index is -4.76. The van der Waals surface area contributed by atoms with Crippen LogP contribution < -0.4 is 0 Å². The second-order valence-corrected chi connectivity index (χ2v) is 19.8. The first-order valence-corrected chi connectivity index (χ1v) is 28.5. The third kappa shape index (κ3) is 51.4. The van der Waals surface area contributed by atoms with Gasteiger partial charge < -0.3 is 19.3 Å². The van der Waals surface area contributed by atoms with E-state index in [1.54, 1.807) is 0 Å². The number of unbranched alkanes of at least 4 members (excludes halogenated alkanes) is 39. The molecule has 0 aliphatic rings. The van der Waals surface area contributed by atoms with E-state index in [1.807, 2.05) is 0 Å². The molecule has 0 aliphatic heterocycles. The highest BCUT2D eigenvalue weighted by Crippen LogP contribution is 2.36. The van der Waals surface area contributed by atoms with Gasteiger partial charge in [0, 0.05) is 12.8 Å². The summed E-state index contributed by atoms with van der Waals surface area (Å²) in [6, 6.07) is 0. The van der Waals surface area contributed by atoms with Crippen LogP contribution in [0.25, 0.3) is 0 Å². The van der Waals surface area contributed by atoms with Crippen LogP contribution in [0.4, 0.5) is 0 Å². The van der Waals surface area contributed by atoms with Crippen molar-refractivity contribution in [1.29, 1.82) is 0 Å². The molecule has 0 heterocycles. The Morgan fingerprint density at radius 2 is 0.677 bits per heavy atom. The number of carbonyl (C=O) groups excluding carboxylic acids is 2. The van der Waals surface area contributed by atoms with E-state index in [0.717, 1.165) is 32.1 Å². The third-order valence-corrected chi connectivity index (χ3v) is 12.8. The summed E-state index contributed by atoms with van der Waals surface area (Å²) in [7, 11) is -4.76. The lowest BCUT2D eigenvalue weighted by Crippen LogP contribution is -2.29. The second-order valence-electron chi connectivity index (χ2n) is 18.6. The number of rotatable bonds is 51. The Kier molecular flexibility index (Phi) is 48.3. The van der Waals surface area contributed by atoms with E-state index in [1.165, 1.54) is 231 Å². The molecule has 368 valence electrons. The largest absolute Gasteiger partial charge is 0.469 e. The van der Waals surface area contributed by atoms with Gasteiger partial charge in [0.05, 0.1) is 6.61 Å². The fourth-order valence-corrected chi connectivity index (χ4v) is 8.62. The highest BCUT2D eigenvalue weighted by Gasteiger charge is 2.23. The maximum Gasteiger partial charge on any atom is 0.469 e.